The van der Waals surface area contributed by atoms with Gasteiger partial charge in [-0.05, 0) is 49.0 Å². The maximum absolute atomic E-state index is 10.6. The maximum atomic E-state index is 10.6. The SMILES string of the molecule is COc1cccc(CNC2C3CCN(CC3)C2C(c2ccccc2)c2ccccc2)c1O.Cl.Cl.O.O. The number of halogens is 2. The molecule has 2 bridgehead atoms. The van der Waals surface area contributed by atoms with Gasteiger partial charge in [0.15, 0.2) is 11.5 Å². The van der Waals surface area contributed by atoms with Crippen LogP contribution in [-0.4, -0.2) is 53.2 Å². The Kier molecular flexibility index (Phi) is 12.7. The minimum Gasteiger partial charge on any atom is -0.504 e. The Morgan fingerprint density at radius 3 is 1.94 bits per heavy atom. The van der Waals surface area contributed by atoms with E-state index >= 15 is 0 Å². The van der Waals surface area contributed by atoms with Crippen molar-refractivity contribution in [2.45, 2.75) is 37.4 Å². The van der Waals surface area contributed by atoms with Crippen LogP contribution in [0.1, 0.15) is 35.4 Å². The summed E-state index contributed by atoms with van der Waals surface area (Å²) in [4.78, 5) is 2.69. The Morgan fingerprint density at radius 2 is 1.42 bits per heavy atom. The van der Waals surface area contributed by atoms with Crippen LogP contribution in [0.5, 0.6) is 11.5 Å². The number of rotatable bonds is 7. The summed E-state index contributed by atoms with van der Waals surface area (Å²) in [7, 11) is 1.60. The Morgan fingerprint density at radius 1 is 0.861 bits per heavy atom. The topological polar surface area (TPSA) is 108 Å². The minimum atomic E-state index is 0. The van der Waals surface area contributed by atoms with Gasteiger partial charge in [-0.25, -0.2) is 0 Å². The fourth-order valence-electron chi connectivity index (χ4n) is 5.80. The summed E-state index contributed by atoms with van der Waals surface area (Å²) in [6, 6.07) is 28.3. The van der Waals surface area contributed by atoms with Crippen LogP contribution >= 0.6 is 24.8 Å². The average molecular weight is 538 g/mol. The largest absolute Gasteiger partial charge is 0.504 e. The van der Waals surface area contributed by atoms with Crippen molar-refractivity contribution in [1.29, 1.82) is 0 Å². The summed E-state index contributed by atoms with van der Waals surface area (Å²) in [5.74, 6) is 1.72. The first kappa shape index (κ1) is 31.7. The van der Waals surface area contributed by atoms with Gasteiger partial charge in [0, 0.05) is 30.1 Å². The lowest BCUT2D eigenvalue weighted by molar-refractivity contribution is 0.00461. The second-order valence-electron chi connectivity index (χ2n) is 9.04. The first-order valence-electron chi connectivity index (χ1n) is 11.7. The molecular weight excluding hydrogens is 499 g/mol. The predicted molar refractivity (Wildman–Crippen MR) is 150 cm³/mol. The van der Waals surface area contributed by atoms with Gasteiger partial charge >= 0.3 is 0 Å². The molecule has 3 heterocycles. The highest BCUT2D eigenvalue weighted by Gasteiger charge is 2.46. The third kappa shape index (κ3) is 6.32. The molecule has 6 N–H and O–H groups in total. The van der Waals surface area contributed by atoms with Gasteiger partial charge in [0.1, 0.15) is 0 Å². The molecule has 198 valence electrons. The van der Waals surface area contributed by atoms with E-state index in [1.165, 1.54) is 24.0 Å². The van der Waals surface area contributed by atoms with Crippen LogP contribution in [0.2, 0.25) is 0 Å². The Labute approximate surface area is 226 Å². The van der Waals surface area contributed by atoms with Gasteiger partial charge in [0.25, 0.3) is 0 Å². The number of aromatic hydroxyl groups is 1. The summed E-state index contributed by atoms with van der Waals surface area (Å²) in [6.45, 7) is 2.95. The number of fused-ring (bicyclic) bond motifs is 3. The van der Waals surface area contributed by atoms with Crippen molar-refractivity contribution in [2.75, 3.05) is 20.2 Å². The molecule has 0 aromatic heterocycles. The second kappa shape index (κ2) is 14.4. The van der Waals surface area contributed by atoms with Crippen molar-refractivity contribution in [2.24, 2.45) is 5.92 Å². The number of piperidine rings is 3. The number of nitrogens with one attached hydrogen (secondary N) is 1. The third-order valence-electron chi connectivity index (χ3n) is 7.36. The lowest BCUT2D eigenvalue weighted by Gasteiger charge is -2.54. The molecular formula is C28H38Cl2N2O4. The molecule has 3 aliphatic rings. The number of hydrogen-bond donors (Lipinski definition) is 2. The molecule has 2 unspecified atom stereocenters. The standard InChI is InChI=1S/C28H32N2O2.2ClH.2H2O/c1-32-24-14-8-13-23(28(24)31)19-29-26-22-15-17-30(18-16-22)27(26)25(20-9-4-2-5-10-20)21-11-6-3-7-12-21;;;;/h2-14,22,25-27,29,31H,15-19H2,1H3;2*1H;2*1H2. The van der Waals surface area contributed by atoms with E-state index in [1.807, 2.05) is 12.1 Å². The first-order chi connectivity index (χ1) is 15.8. The molecule has 6 rings (SSSR count). The number of phenols is 1. The number of phenolic OH excluding ortho intramolecular Hbond substituents is 1. The van der Waals surface area contributed by atoms with Crippen molar-refractivity contribution < 1.29 is 20.8 Å². The van der Waals surface area contributed by atoms with Gasteiger partial charge in [0.2, 0.25) is 0 Å². The third-order valence-corrected chi connectivity index (χ3v) is 7.36. The molecule has 6 nitrogen and oxygen atoms in total. The molecule has 36 heavy (non-hydrogen) atoms. The van der Waals surface area contributed by atoms with Gasteiger partial charge in [-0.2, -0.15) is 0 Å². The minimum absolute atomic E-state index is 0. The lowest BCUT2D eigenvalue weighted by Crippen LogP contribution is -2.64. The van der Waals surface area contributed by atoms with E-state index in [0.717, 1.165) is 18.7 Å². The molecule has 3 aromatic carbocycles. The number of para-hydroxylation sites is 1. The zero-order valence-corrected chi connectivity index (χ0v) is 22.1. The average Bonchev–Trinajstić information content (AvgIpc) is 2.86. The van der Waals surface area contributed by atoms with E-state index in [9.17, 15) is 5.11 Å². The summed E-state index contributed by atoms with van der Waals surface area (Å²) >= 11 is 0. The summed E-state index contributed by atoms with van der Waals surface area (Å²) in [6.07, 6.45) is 2.46. The fraction of sp³-hybridized carbons (Fsp3) is 0.357. The van der Waals surface area contributed by atoms with Crippen molar-refractivity contribution in [3.05, 3.63) is 95.6 Å². The van der Waals surface area contributed by atoms with Crippen LogP contribution in [0.3, 0.4) is 0 Å². The summed E-state index contributed by atoms with van der Waals surface area (Å²) < 4.78 is 5.32. The van der Waals surface area contributed by atoms with Gasteiger partial charge in [-0.1, -0.05) is 72.8 Å². The van der Waals surface area contributed by atoms with Crippen molar-refractivity contribution >= 4 is 24.8 Å². The summed E-state index contributed by atoms with van der Waals surface area (Å²) in [5, 5.41) is 14.5. The Bertz CT molecular complexity index is 995. The van der Waals surface area contributed by atoms with E-state index in [4.69, 9.17) is 4.74 Å². The molecule has 3 aromatic rings. The molecule has 0 spiro atoms. The maximum Gasteiger partial charge on any atom is 0.162 e. The molecule has 0 saturated carbocycles. The van der Waals surface area contributed by atoms with Gasteiger partial charge < -0.3 is 26.1 Å². The van der Waals surface area contributed by atoms with Crippen LogP contribution in [-0.2, 0) is 6.54 Å². The second-order valence-corrected chi connectivity index (χ2v) is 9.04. The van der Waals surface area contributed by atoms with Crippen LogP contribution in [0.15, 0.2) is 78.9 Å². The zero-order valence-electron chi connectivity index (χ0n) is 20.5. The molecule has 0 aliphatic carbocycles. The smallest absolute Gasteiger partial charge is 0.162 e. The van der Waals surface area contributed by atoms with E-state index in [0.29, 0.717) is 36.2 Å². The van der Waals surface area contributed by atoms with E-state index in [-0.39, 0.29) is 41.5 Å². The number of hydrogen-bond acceptors (Lipinski definition) is 4. The molecule has 2 atom stereocenters. The lowest BCUT2D eigenvalue weighted by atomic mass is 9.70. The quantitative estimate of drug-likeness (QED) is 0.475. The highest BCUT2D eigenvalue weighted by Crippen LogP contribution is 2.42. The monoisotopic (exact) mass is 536 g/mol. The van der Waals surface area contributed by atoms with Crippen molar-refractivity contribution in [1.82, 2.24) is 10.2 Å². The zero-order chi connectivity index (χ0) is 21.9. The van der Waals surface area contributed by atoms with Gasteiger partial charge in [0.05, 0.1) is 7.11 Å². The van der Waals surface area contributed by atoms with Crippen LogP contribution < -0.4 is 10.1 Å². The fourth-order valence-corrected chi connectivity index (χ4v) is 5.80. The van der Waals surface area contributed by atoms with Crippen molar-refractivity contribution in [3.63, 3.8) is 0 Å². The first-order valence-corrected chi connectivity index (χ1v) is 11.7. The molecule has 3 aliphatic heterocycles. The van der Waals surface area contributed by atoms with E-state index in [1.54, 1.807) is 13.2 Å². The highest BCUT2D eigenvalue weighted by atomic mass is 35.5. The number of methoxy groups -OCH3 is 1. The molecule has 0 amide bonds. The molecule has 3 saturated heterocycles. The summed E-state index contributed by atoms with van der Waals surface area (Å²) in [5.41, 5.74) is 3.62. The molecule has 8 heteroatoms. The van der Waals surface area contributed by atoms with Crippen LogP contribution in [0.25, 0.3) is 0 Å². The Balaban J connectivity index is 0.00000162. The van der Waals surface area contributed by atoms with Crippen LogP contribution in [0, 0.1) is 5.92 Å². The van der Waals surface area contributed by atoms with Crippen LogP contribution in [0.4, 0.5) is 0 Å². The highest BCUT2D eigenvalue weighted by molar-refractivity contribution is 5.85. The van der Waals surface area contributed by atoms with Crippen molar-refractivity contribution in [3.8, 4) is 11.5 Å². The molecule has 0 radical (unpaired) electrons. The van der Waals surface area contributed by atoms with Gasteiger partial charge in [-0.3, -0.25) is 4.90 Å². The number of nitrogens with zero attached hydrogens (tertiary/aromatic N) is 1. The molecule has 3 fully saturated rings. The number of benzene rings is 3. The van der Waals surface area contributed by atoms with E-state index in [2.05, 4.69) is 70.9 Å². The number of ether oxygens (including phenoxy) is 1. The van der Waals surface area contributed by atoms with Gasteiger partial charge in [-0.15, -0.1) is 24.8 Å². The Hall–Kier alpha value is -2.32. The normalized spacial score (nSPS) is 21.8. The van der Waals surface area contributed by atoms with E-state index < -0.39 is 0 Å². The predicted octanol–water partition coefficient (Wildman–Crippen LogP) is 3.98.